The number of carbonyl (C=O) groups excluding carboxylic acids is 5. The normalized spacial score (nSPS) is 11.5. The molecule has 8 aromatic carbocycles. The molecular weight excluding hydrogens is 1340 g/mol. The maximum atomic E-state index is 12.5. The van der Waals surface area contributed by atoms with E-state index < -0.39 is 11.9 Å². The van der Waals surface area contributed by atoms with Gasteiger partial charge in [-0.05, 0) is 64.7 Å². The van der Waals surface area contributed by atoms with Crippen LogP contribution in [-0.4, -0.2) is 122 Å². The number of benzene rings is 10. The van der Waals surface area contributed by atoms with Crippen LogP contribution in [0, 0.1) is 0 Å². The fraction of sp³-hybridized carbons (Fsp3) is 0.190. The van der Waals surface area contributed by atoms with E-state index in [9.17, 15) is 39.0 Å². The highest BCUT2D eigenvalue weighted by molar-refractivity contribution is 6.09. The highest BCUT2D eigenvalue weighted by atomic mass is 16.4. The highest BCUT2D eigenvalue weighted by Gasteiger charge is 2.26. The van der Waals surface area contributed by atoms with Gasteiger partial charge in [-0.15, -0.1) is 0 Å². The van der Waals surface area contributed by atoms with E-state index in [-0.39, 0.29) is 35.3 Å². The van der Waals surface area contributed by atoms with Crippen molar-refractivity contribution in [3.63, 3.8) is 0 Å². The van der Waals surface area contributed by atoms with Crippen molar-refractivity contribution in [2.75, 3.05) is 90.3 Å². The molecule has 540 valence electrons. The zero-order valence-electron chi connectivity index (χ0n) is 59.5. The number of aromatic carboxylic acids is 2. The van der Waals surface area contributed by atoms with Crippen LogP contribution < -0.4 is 77.3 Å². The van der Waals surface area contributed by atoms with Crippen LogP contribution in [0.2, 0.25) is 0 Å². The molecule has 2 heterocycles. The van der Waals surface area contributed by atoms with E-state index in [4.69, 9.17) is 8.83 Å². The summed E-state index contributed by atoms with van der Waals surface area (Å²) >= 11 is 0. The largest absolute Gasteiger partial charge is 0.545 e. The maximum Gasteiger partial charge on any atom is 0.336 e. The van der Waals surface area contributed by atoms with Crippen LogP contribution in [-0.2, 0) is 26.2 Å². The van der Waals surface area contributed by atoms with Crippen molar-refractivity contribution in [2.24, 2.45) is 0 Å². The van der Waals surface area contributed by atoms with E-state index in [1.165, 1.54) is 0 Å². The minimum atomic E-state index is -1.27. The van der Waals surface area contributed by atoms with Crippen LogP contribution in [0.25, 0.3) is 66.8 Å². The molecule has 0 bridgehead atoms. The Labute approximate surface area is 614 Å². The number of carbonyl (C=O) groups is 6. The number of hydrogen-bond acceptors (Lipinski definition) is 11. The van der Waals surface area contributed by atoms with Crippen molar-refractivity contribution >= 4 is 69.4 Å². The van der Waals surface area contributed by atoms with Gasteiger partial charge in [-0.1, -0.05) is 164 Å². The third kappa shape index (κ3) is 18.9. The number of anilines is 2. The fourth-order valence-corrected chi connectivity index (χ4v) is 12.9. The number of rotatable bonds is 26. The molecule has 0 aromatic heterocycles. The van der Waals surface area contributed by atoms with Gasteiger partial charge in [0.1, 0.15) is 22.7 Å². The lowest BCUT2D eigenvalue weighted by Crippen LogP contribution is -2.40. The highest BCUT2D eigenvalue weighted by Crippen LogP contribution is 2.44. The first-order valence-electron chi connectivity index (χ1n) is 35.0. The number of nitrogens with zero attached hydrogens (tertiary/aromatic N) is 4. The average molecular weight is 1420 g/mol. The molecule has 8 aromatic rings. The fourth-order valence-electron chi connectivity index (χ4n) is 12.9. The van der Waals surface area contributed by atoms with Gasteiger partial charge in [-0.25, -0.2) is 33.1 Å². The number of carboxylic acid groups (broad SMARTS) is 2. The van der Waals surface area contributed by atoms with Crippen molar-refractivity contribution in [3.8, 4) is 44.9 Å². The van der Waals surface area contributed by atoms with Crippen LogP contribution in [0.15, 0.2) is 251 Å². The lowest BCUT2D eigenvalue weighted by atomic mass is 9.90. The summed E-state index contributed by atoms with van der Waals surface area (Å²) in [5.74, 6) is -1.16. The molecule has 2 aliphatic carbocycles. The topological polar surface area (TPSA) is 281 Å². The zero-order chi connectivity index (χ0) is 74.3. The molecule has 0 unspecified atom stereocenters. The molecule has 0 saturated carbocycles. The number of carboxylic acids is 2. The van der Waals surface area contributed by atoms with Crippen molar-refractivity contribution in [1.82, 2.24) is 51.7 Å². The Hall–Kier alpha value is -13.2. The predicted molar refractivity (Wildman–Crippen MR) is 413 cm³/mol. The molecule has 0 radical (unpaired) electrons. The summed E-state index contributed by atoms with van der Waals surface area (Å²) in [6, 6.07) is 76.9. The molecule has 22 heteroatoms. The SMILES string of the molecule is CNC(=O)NCCN(Cc1ccccc1)c1ccc2c(-c3ccccc3C(=O)O)c3ccc(=[N+](CCNC(=O)NC)Cc4ccccc4)cc-3oc2c1.CNC(=O)NCCN(Cc1ccccc1)c1ccc2c(-c3ccccc3C(=O)[O-])c3ccc(=[N+](CCNC(=O)NC)Cc4ccccc4)cc-3oc2c1. The van der Waals surface area contributed by atoms with Gasteiger partial charge >= 0.3 is 30.1 Å². The second-order valence-electron chi connectivity index (χ2n) is 25.0. The van der Waals surface area contributed by atoms with Gasteiger partial charge in [0.15, 0.2) is 26.2 Å². The molecular formula is C84H85N12O10+. The molecule has 4 aliphatic rings. The molecule has 12 rings (SSSR count). The van der Waals surface area contributed by atoms with E-state index in [0.29, 0.717) is 118 Å². The maximum absolute atomic E-state index is 12.5. The van der Waals surface area contributed by atoms with E-state index in [0.717, 1.165) is 71.8 Å². The summed E-state index contributed by atoms with van der Waals surface area (Å²) in [6.45, 7) is 6.05. The van der Waals surface area contributed by atoms with Crippen LogP contribution >= 0.6 is 0 Å². The van der Waals surface area contributed by atoms with Gasteiger partial charge in [0.2, 0.25) is 10.7 Å². The summed E-state index contributed by atoms with van der Waals surface area (Å²) in [5.41, 5.74) is 11.6. The number of urea groups is 4. The van der Waals surface area contributed by atoms with Crippen molar-refractivity contribution in [3.05, 3.63) is 287 Å². The third-order valence-electron chi connectivity index (χ3n) is 18.1. The first-order valence-corrected chi connectivity index (χ1v) is 35.0. The molecule has 8 amide bonds. The Balaban J connectivity index is 0.000000212. The van der Waals surface area contributed by atoms with Crippen molar-refractivity contribution in [2.45, 2.75) is 26.2 Å². The lowest BCUT2D eigenvalue weighted by molar-refractivity contribution is -0.255. The first-order chi connectivity index (χ1) is 51.7. The van der Waals surface area contributed by atoms with Gasteiger partial charge in [-0.2, -0.15) is 0 Å². The second-order valence-corrected chi connectivity index (χ2v) is 25.0. The van der Waals surface area contributed by atoms with Crippen LogP contribution in [0.3, 0.4) is 0 Å². The summed E-state index contributed by atoms with van der Waals surface area (Å²) in [6.07, 6.45) is 0. The smallest absolute Gasteiger partial charge is 0.336 e. The van der Waals surface area contributed by atoms with Crippen molar-refractivity contribution < 1.29 is 47.8 Å². The van der Waals surface area contributed by atoms with Gasteiger partial charge in [0, 0.05) is 153 Å². The summed E-state index contributed by atoms with van der Waals surface area (Å²) in [4.78, 5) is 77.3. The van der Waals surface area contributed by atoms with Crippen LogP contribution in [0.1, 0.15) is 43.0 Å². The number of hydrogen-bond donors (Lipinski definition) is 9. The van der Waals surface area contributed by atoms with Gasteiger partial charge in [0.05, 0.1) is 36.8 Å². The standard InChI is InChI=1S/2C42H42N6O5/c2*1-43-41(51)45-21-23-47(27-29-11-5-3-6-12-29)31-17-19-35-37(25-31)53-38-26-32(18-20-36(38)39(35)33-15-9-10-16-34(33)40(49)50)48(24-22-46-42(52)44-2)28-30-13-7-4-8-14-30/h2*3-20,25-26H,21-24,27-28H2,1-2H3,(H4-,43,44,45,46,49,50,51,52)/p+1. The minimum absolute atomic E-state index is 0.0754. The number of amides is 8. The molecule has 0 spiro atoms. The van der Waals surface area contributed by atoms with Crippen LogP contribution in [0.5, 0.6) is 0 Å². The average Bonchev–Trinajstić information content (AvgIpc) is 0.751. The van der Waals surface area contributed by atoms with E-state index in [1.807, 2.05) is 164 Å². The summed E-state index contributed by atoms with van der Waals surface area (Å²) in [7, 11) is 6.33. The Morgan fingerprint density at radius 1 is 0.387 bits per heavy atom. The molecule has 106 heavy (non-hydrogen) atoms. The van der Waals surface area contributed by atoms with E-state index >= 15 is 0 Å². The molecule has 2 aliphatic heterocycles. The first kappa shape index (κ1) is 74.0. The van der Waals surface area contributed by atoms with Gasteiger partial charge < -0.3 is 76.2 Å². The van der Waals surface area contributed by atoms with Crippen molar-refractivity contribution in [1.29, 1.82) is 0 Å². The Morgan fingerprint density at radius 3 is 1.11 bits per heavy atom. The van der Waals surface area contributed by atoms with E-state index in [2.05, 4.69) is 110 Å². The molecule has 22 nitrogen and oxygen atoms in total. The lowest BCUT2D eigenvalue weighted by Gasteiger charge is -2.26. The predicted octanol–water partition coefficient (Wildman–Crippen LogP) is 10.1. The quantitative estimate of drug-likeness (QED) is 0.0181. The van der Waals surface area contributed by atoms with Crippen LogP contribution in [0.4, 0.5) is 30.6 Å². The Kier molecular flexibility index (Phi) is 25.2. The molecule has 0 atom stereocenters. The summed E-state index contributed by atoms with van der Waals surface area (Å²) < 4.78 is 17.8. The molecule has 0 fully saturated rings. The van der Waals surface area contributed by atoms with Gasteiger partial charge in [-0.3, -0.25) is 0 Å². The Bertz CT molecular complexity index is 4830. The second kappa shape index (κ2) is 36.1. The Morgan fingerprint density at radius 2 is 0.736 bits per heavy atom. The van der Waals surface area contributed by atoms with Gasteiger partial charge in [0.25, 0.3) is 0 Å². The molecule has 9 N–H and O–H groups in total. The van der Waals surface area contributed by atoms with E-state index in [1.54, 1.807) is 58.5 Å². The third-order valence-corrected chi connectivity index (χ3v) is 18.1. The number of nitrogens with one attached hydrogen (secondary N) is 8. The zero-order valence-corrected chi connectivity index (χ0v) is 59.5. The summed E-state index contributed by atoms with van der Waals surface area (Å²) in [5, 5.41) is 47.8. The minimum Gasteiger partial charge on any atom is -0.545 e. The monoisotopic (exact) mass is 1420 g/mol. The molecule has 0 saturated heterocycles. The number of fused-ring (bicyclic) bond motifs is 4.